The number of amides is 1. The van der Waals surface area contributed by atoms with Gasteiger partial charge in [0, 0.05) is 0 Å². The number of benzene rings is 2. The first-order chi connectivity index (χ1) is 11.3. The van der Waals surface area contributed by atoms with Gasteiger partial charge in [-0.25, -0.2) is 4.79 Å². The second-order valence-electron chi connectivity index (χ2n) is 5.33. The van der Waals surface area contributed by atoms with E-state index < -0.39 is 12.1 Å². The van der Waals surface area contributed by atoms with Crippen LogP contribution < -0.4 is 5.32 Å². The lowest BCUT2D eigenvalue weighted by Crippen LogP contribution is -2.36. The molecule has 1 atom stereocenters. The van der Waals surface area contributed by atoms with E-state index in [2.05, 4.69) is 17.4 Å². The van der Waals surface area contributed by atoms with Gasteiger partial charge in [-0.15, -0.1) is 0 Å². The normalized spacial score (nSPS) is 11.5. The number of aldehydes is 1. The number of hydrogen-bond acceptors (Lipinski definition) is 3. The van der Waals surface area contributed by atoms with Crippen molar-refractivity contribution >= 4 is 12.4 Å². The fourth-order valence-corrected chi connectivity index (χ4v) is 2.26. The van der Waals surface area contributed by atoms with E-state index in [-0.39, 0.29) is 6.61 Å². The topological polar surface area (TPSA) is 55.4 Å². The Morgan fingerprint density at radius 2 is 1.61 bits per heavy atom. The number of aryl methyl sites for hydroxylation is 1. The first-order valence-electron chi connectivity index (χ1n) is 7.74. The number of hydrogen-bond donors (Lipinski definition) is 1. The predicted octanol–water partition coefficient (Wildman–Crippen LogP) is 3.50. The van der Waals surface area contributed by atoms with Crippen molar-refractivity contribution in [1.82, 2.24) is 5.32 Å². The minimum absolute atomic E-state index is 0.197. The summed E-state index contributed by atoms with van der Waals surface area (Å²) in [4.78, 5) is 22.8. The van der Waals surface area contributed by atoms with Crippen molar-refractivity contribution < 1.29 is 14.3 Å². The second-order valence-corrected chi connectivity index (χ2v) is 5.33. The lowest BCUT2D eigenvalue weighted by molar-refractivity contribution is -0.109. The molecule has 0 aromatic heterocycles. The lowest BCUT2D eigenvalue weighted by Gasteiger charge is -2.13. The third-order valence-corrected chi connectivity index (χ3v) is 3.50. The average Bonchev–Trinajstić information content (AvgIpc) is 2.61. The maximum absolute atomic E-state index is 11.7. The Balaban J connectivity index is 1.69. The summed E-state index contributed by atoms with van der Waals surface area (Å²) in [6.07, 6.45) is 2.50. The van der Waals surface area contributed by atoms with Gasteiger partial charge in [0.25, 0.3) is 0 Å². The van der Waals surface area contributed by atoms with Gasteiger partial charge in [0.15, 0.2) is 0 Å². The Morgan fingerprint density at radius 1 is 1.00 bits per heavy atom. The predicted molar refractivity (Wildman–Crippen MR) is 89.0 cm³/mol. The zero-order chi connectivity index (χ0) is 16.3. The van der Waals surface area contributed by atoms with E-state index in [1.807, 2.05) is 48.5 Å². The number of carbonyl (C=O) groups excluding carboxylic acids is 2. The van der Waals surface area contributed by atoms with Crippen LogP contribution in [0.15, 0.2) is 60.7 Å². The quantitative estimate of drug-likeness (QED) is 0.759. The third-order valence-electron chi connectivity index (χ3n) is 3.50. The first-order valence-corrected chi connectivity index (χ1v) is 7.74. The van der Waals surface area contributed by atoms with Crippen molar-refractivity contribution in [3.05, 3.63) is 71.8 Å². The van der Waals surface area contributed by atoms with Crippen molar-refractivity contribution in [1.29, 1.82) is 0 Å². The molecule has 0 spiro atoms. The fourth-order valence-electron chi connectivity index (χ4n) is 2.26. The molecule has 0 heterocycles. The van der Waals surface area contributed by atoms with E-state index in [4.69, 9.17) is 4.74 Å². The third kappa shape index (κ3) is 6.34. The minimum Gasteiger partial charge on any atom is -0.445 e. The molecule has 1 N–H and O–H groups in total. The summed E-state index contributed by atoms with van der Waals surface area (Å²) in [5.74, 6) is 0. The van der Waals surface area contributed by atoms with Gasteiger partial charge in [0.1, 0.15) is 12.9 Å². The van der Waals surface area contributed by atoms with Gasteiger partial charge in [-0.3, -0.25) is 0 Å². The highest BCUT2D eigenvalue weighted by Gasteiger charge is 2.12. The fraction of sp³-hybridized carbons (Fsp3) is 0.263. The molecule has 23 heavy (non-hydrogen) atoms. The molecule has 0 fully saturated rings. The summed E-state index contributed by atoms with van der Waals surface area (Å²) < 4.78 is 5.12. The van der Waals surface area contributed by atoms with Crippen LogP contribution in [0.1, 0.15) is 24.0 Å². The molecule has 0 radical (unpaired) electrons. The van der Waals surface area contributed by atoms with Crippen LogP contribution in [0.4, 0.5) is 4.79 Å². The molecule has 120 valence electrons. The van der Waals surface area contributed by atoms with Gasteiger partial charge >= 0.3 is 6.09 Å². The summed E-state index contributed by atoms with van der Waals surface area (Å²) in [5.41, 5.74) is 2.14. The van der Waals surface area contributed by atoms with Crippen molar-refractivity contribution in [3.8, 4) is 0 Å². The van der Waals surface area contributed by atoms with Gasteiger partial charge in [-0.1, -0.05) is 60.7 Å². The van der Waals surface area contributed by atoms with Crippen LogP contribution in [0, 0.1) is 0 Å². The zero-order valence-corrected chi connectivity index (χ0v) is 13.0. The van der Waals surface area contributed by atoms with Gasteiger partial charge < -0.3 is 14.8 Å². The van der Waals surface area contributed by atoms with Crippen LogP contribution in [-0.4, -0.2) is 18.4 Å². The van der Waals surface area contributed by atoms with Crippen molar-refractivity contribution in [2.45, 2.75) is 31.9 Å². The Bertz CT molecular complexity index is 599. The van der Waals surface area contributed by atoms with Crippen LogP contribution >= 0.6 is 0 Å². The van der Waals surface area contributed by atoms with Gasteiger partial charge in [-0.2, -0.15) is 0 Å². The number of carbonyl (C=O) groups is 2. The highest BCUT2D eigenvalue weighted by atomic mass is 16.5. The van der Waals surface area contributed by atoms with Crippen LogP contribution in [0.3, 0.4) is 0 Å². The Labute approximate surface area is 136 Å². The SMILES string of the molecule is O=C[C@@H](CCCc1ccccc1)NC(=O)OCc1ccccc1. The van der Waals surface area contributed by atoms with Crippen LogP contribution in [0.5, 0.6) is 0 Å². The maximum atomic E-state index is 11.7. The van der Waals surface area contributed by atoms with Crippen LogP contribution in [0.25, 0.3) is 0 Å². The average molecular weight is 311 g/mol. The largest absolute Gasteiger partial charge is 0.445 e. The van der Waals surface area contributed by atoms with E-state index in [9.17, 15) is 9.59 Å². The summed E-state index contributed by atoms with van der Waals surface area (Å²) in [6.45, 7) is 0.197. The second kappa shape index (κ2) is 9.41. The molecular formula is C19H21NO3. The van der Waals surface area contributed by atoms with Crippen molar-refractivity contribution in [3.63, 3.8) is 0 Å². The van der Waals surface area contributed by atoms with E-state index in [0.717, 1.165) is 24.7 Å². The summed E-state index contributed by atoms with van der Waals surface area (Å²) >= 11 is 0. The molecule has 0 bridgehead atoms. The monoisotopic (exact) mass is 311 g/mol. The van der Waals surface area contributed by atoms with Crippen molar-refractivity contribution in [2.75, 3.05) is 0 Å². The molecule has 0 aliphatic heterocycles. The Morgan fingerprint density at radius 3 is 2.22 bits per heavy atom. The molecule has 2 aromatic rings. The highest BCUT2D eigenvalue weighted by molar-refractivity contribution is 5.73. The molecule has 4 heteroatoms. The summed E-state index contributed by atoms with van der Waals surface area (Å²) in [6, 6.07) is 19.0. The van der Waals surface area contributed by atoms with E-state index in [1.165, 1.54) is 5.56 Å². The Kier molecular flexibility index (Phi) is 6.85. The number of nitrogens with one attached hydrogen (secondary N) is 1. The van der Waals surface area contributed by atoms with E-state index in [1.54, 1.807) is 0 Å². The zero-order valence-electron chi connectivity index (χ0n) is 13.0. The van der Waals surface area contributed by atoms with E-state index in [0.29, 0.717) is 6.42 Å². The molecule has 4 nitrogen and oxygen atoms in total. The standard InChI is InChI=1S/C19H21NO3/c21-14-18(13-7-12-16-8-3-1-4-9-16)20-19(22)23-15-17-10-5-2-6-11-17/h1-6,8-11,14,18H,7,12-13,15H2,(H,20,22)/t18-/m1/s1. The first kappa shape index (κ1) is 16.7. The number of alkyl carbamates (subject to hydrolysis) is 1. The molecule has 2 aromatic carbocycles. The molecular weight excluding hydrogens is 290 g/mol. The van der Waals surface area contributed by atoms with E-state index >= 15 is 0 Å². The molecule has 0 unspecified atom stereocenters. The number of ether oxygens (including phenoxy) is 1. The van der Waals surface area contributed by atoms with Gasteiger partial charge in [0.05, 0.1) is 6.04 Å². The molecule has 0 aliphatic rings. The summed E-state index contributed by atoms with van der Waals surface area (Å²) in [5, 5.41) is 2.59. The highest BCUT2D eigenvalue weighted by Crippen LogP contribution is 2.06. The van der Waals surface area contributed by atoms with Gasteiger partial charge in [0.2, 0.25) is 0 Å². The maximum Gasteiger partial charge on any atom is 0.408 e. The number of rotatable bonds is 8. The summed E-state index contributed by atoms with van der Waals surface area (Å²) in [7, 11) is 0. The van der Waals surface area contributed by atoms with Crippen LogP contribution in [0.2, 0.25) is 0 Å². The molecule has 0 saturated carbocycles. The molecule has 2 rings (SSSR count). The smallest absolute Gasteiger partial charge is 0.408 e. The Hall–Kier alpha value is -2.62. The molecule has 1 amide bonds. The van der Waals surface area contributed by atoms with Gasteiger partial charge in [-0.05, 0) is 30.4 Å². The van der Waals surface area contributed by atoms with Crippen molar-refractivity contribution in [2.24, 2.45) is 0 Å². The molecule has 0 aliphatic carbocycles. The van der Waals surface area contributed by atoms with Crippen LogP contribution in [-0.2, 0) is 22.6 Å². The molecule has 0 saturated heterocycles. The lowest BCUT2D eigenvalue weighted by atomic mass is 10.1. The minimum atomic E-state index is -0.564.